The molecule has 1 heterocycles. The first-order valence-electron chi connectivity index (χ1n) is 10.8. The fourth-order valence-corrected chi connectivity index (χ4v) is 5.62. The third kappa shape index (κ3) is 5.90. The van der Waals surface area contributed by atoms with Gasteiger partial charge in [0.1, 0.15) is 5.75 Å². The van der Waals surface area contributed by atoms with Crippen molar-refractivity contribution in [3.63, 3.8) is 0 Å². The topological polar surface area (TPSA) is 91.4 Å². The molecule has 0 saturated carbocycles. The van der Waals surface area contributed by atoms with Crippen LogP contribution >= 0.6 is 0 Å². The van der Waals surface area contributed by atoms with E-state index in [-0.39, 0.29) is 24.0 Å². The number of carbonyl (C=O) groups excluding carboxylic acids is 1. The van der Waals surface area contributed by atoms with Crippen molar-refractivity contribution in [1.82, 2.24) is 4.90 Å². The predicted octanol–water partition coefficient (Wildman–Crippen LogP) is 3.33. The van der Waals surface area contributed by atoms with Crippen LogP contribution in [-0.4, -0.2) is 64.7 Å². The van der Waals surface area contributed by atoms with Gasteiger partial charge < -0.3 is 23.8 Å². The van der Waals surface area contributed by atoms with Crippen LogP contribution < -0.4 is 18.9 Å². The molecule has 3 rings (SSSR count). The summed E-state index contributed by atoms with van der Waals surface area (Å²) in [5.41, 5.74) is 1.21. The van der Waals surface area contributed by atoms with Gasteiger partial charge >= 0.3 is 0 Å². The zero-order valence-corrected chi connectivity index (χ0v) is 20.3. The summed E-state index contributed by atoms with van der Waals surface area (Å²) in [5, 5.41) is 0. The number of ether oxygens (including phenoxy) is 4. The Kier molecular flexibility index (Phi) is 8.07. The molecule has 0 N–H and O–H groups in total. The van der Waals surface area contributed by atoms with Crippen LogP contribution in [0.1, 0.15) is 35.7 Å². The molecule has 0 radical (unpaired) electrons. The first-order valence-corrected chi connectivity index (χ1v) is 12.7. The van der Waals surface area contributed by atoms with Gasteiger partial charge in [-0.1, -0.05) is 6.92 Å². The second-order valence-electron chi connectivity index (χ2n) is 7.90. The number of sulfone groups is 1. The lowest BCUT2D eigenvalue weighted by Gasteiger charge is -2.29. The van der Waals surface area contributed by atoms with E-state index in [1.54, 1.807) is 41.3 Å². The molecule has 1 fully saturated rings. The Morgan fingerprint density at radius 1 is 1.03 bits per heavy atom. The molecule has 33 heavy (non-hydrogen) atoms. The summed E-state index contributed by atoms with van der Waals surface area (Å²) in [6.45, 7) is 2.82. The van der Waals surface area contributed by atoms with Crippen LogP contribution in [0.25, 0.3) is 0 Å². The maximum absolute atomic E-state index is 13.5. The number of rotatable bonds is 10. The van der Waals surface area contributed by atoms with Gasteiger partial charge in [0.15, 0.2) is 21.3 Å². The maximum Gasteiger partial charge on any atom is 0.254 e. The summed E-state index contributed by atoms with van der Waals surface area (Å²) in [6.07, 6.45) is 1.29. The molecule has 180 valence electrons. The fraction of sp³-hybridized carbons (Fsp3) is 0.458. The highest BCUT2D eigenvalue weighted by Gasteiger charge is 2.35. The zero-order valence-electron chi connectivity index (χ0n) is 19.5. The molecule has 2 aromatic rings. The standard InChI is InChI=1S/C24H31NO7S/c1-5-11-32-20-8-6-18(7-9-20)24(26)25(19-10-12-33(27,28)16-19)15-17-13-21(29-2)23(31-4)22(14-17)30-3/h6-9,13-14,19H,5,10-12,15-16H2,1-4H3/t19-/m0/s1. The van der Waals surface area contributed by atoms with Crippen LogP contribution in [0.5, 0.6) is 23.0 Å². The average Bonchev–Trinajstić information content (AvgIpc) is 3.19. The maximum atomic E-state index is 13.5. The molecule has 0 bridgehead atoms. The van der Waals surface area contributed by atoms with E-state index < -0.39 is 15.9 Å². The summed E-state index contributed by atoms with van der Waals surface area (Å²) in [4.78, 5) is 15.1. The van der Waals surface area contributed by atoms with Crippen molar-refractivity contribution in [2.75, 3.05) is 39.4 Å². The highest BCUT2D eigenvalue weighted by Crippen LogP contribution is 2.39. The van der Waals surface area contributed by atoms with Crippen LogP contribution in [0.4, 0.5) is 0 Å². The Hall–Kier alpha value is -2.94. The molecule has 1 atom stereocenters. The number of methoxy groups -OCH3 is 3. The van der Waals surface area contributed by atoms with Gasteiger partial charge in [0.25, 0.3) is 5.91 Å². The number of amides is 1. The molecule has 0 unspecified atom stereocenters. The second kappa shape index (κ2) is 10.8. The Morgan fingerprint density at radius 3 is 2.15 bits per heavy atom. The highest BCUT2D eigenvalue weighted by molar-refractivity contribution is 7.91. The number of hydrogen-bond acceptors (Lipinski definition) is 7. The lowest BCUT2D eigenvalue weighted by Crippen LogP contribution is -2.40. The number of hydrogen-bond donors (Lipinski definition) is 0. The van der Waals surface area contributed by atoms with Gasteiger partial charge in [0, 0.05) is 18.2 Å². The number of carbonyl (C=O) groups is 1. The van der Waals surface area contributed by atoms with Gasteiger partial charge in [-0.3, -0.25) is 4.79 Å². The van der Waals surface area contributed by atoms with Gasteiger partial charge in [0.2, 0.25) is 5.75 Å². The SMILES string of the molecule is CCCOc1ccc(C(=O)N(Cc2cc(OC)c(OC)c(OC)c2)[C@H]2CCS(=O)(=O)C2)cc1. The van der Waals surface area contributed by atoms with Gasteiger partial charge in [-0.15, -0.1) is 0 Å². The van der Waals surface area contributed by atoms with Crippen LogP contribution in [0, 0.1) is 0 Å². The van der Waals surface area contributed by atoms with Gasteiger partial charge in [0.05, 0.1) is 39.4 Å². The first-order chi connectivity index (χ1) is 15.8. The number of benzene rings is 2. The van der Waals surface area contributed by atoms with E-state index in [4.69, 9.17) is 18.9 Å². The van der Waals surface area contributed by atoms with Crippen LogP contribution in [0.3, 0.4) is 0 Å². The molecule has 1 saturated heterocycles. The van der Waals surface area contributed by atoms with Gasteiger partial charge in [-0.2, -0.15) is 0 Å². The molecule has 9 heteroatoms. The van der Waals surface area contributed by atoms with Crippen molar-refractivity contribution in [2.24, 2.45) is 0 Å². The predicted molar refractivity (Wildman–Crippen MR) is 125 cm³/mol. The van der Waals surface area contributed by atoms with Crippen LogP contribution in [0.15, 0.2) is 36.4 Å². The van der Waals surface area contributed by atoms with E-state index in [1.165, 1.54) is 21.3 Å². The summed E-state index contributed by atoms with van der Waals surface area (Å²) in [6, 6.07) is 10.0. The molecule has 0 spiro atoms. The summed E-state index contributed by atoms with van der Waals surface area (Å²) < 4.78 is 46.2. The minimum absolute atomic E-state index is 0.0547. The first kappa shape index (κ1) is 24.7. The van der Waals surface area contributed by atoms with E-state index in [2.05, 4.69) is 0 Å². The Labute approximate surface area is 195 Å². The monoisotopic (exact) mass is 477 g/mol. The smallest absolute Gasteiger partial charge is 0.254 e. The lowest BCUT2D eigenvalue weighted by atomic mass is 10.1. The Bertz CT molecular complexity index is 1040. The number of nitrogens with zero attached hydrogens (tertiary/aromatic N) is 1. The summed E-state index contributed by atoms with van der Waals surface area (Å²) >= 11 is 0. The zero-order chi connectivity index (χ0) is 24.0. The normalized spacial score (nSPS) is 16.8. The van der Waals surface area contributed by atoms with Crippen molar-refractivity contribution in [2.45, 2.75) is 32.4 Å². The largest absolute Gasteiger partial charge is 0.494 e. The van der Waals surface area contributed by atoms with E-state index in [0.29, 0.717) is 41.6 Å². The molecule has 1 aliphatic rings. The van der Waals surface area contributed by atoms with Crippen molar-refractivity contribution in [3.05, 3.63) is 47.5 Å². The van der Waals surface area contributed by atoms with E-state index in [0.717, 1.165) is 12.0 Å². The summed E-state index contributed by atoms with van der Waals surface area (Å²) in [7, 11) is 1.38. The van der Waals surface area contributed by atoms with E-state index in [9.17, 15) is 13.2 Å². The van der Waals surface area contributed by atoms with Gasteiger partial charge in [-0.25, -0.2) is 8.42 Å². The minimum Gasteiger partial charge on any atom is -0.494 e. The van der Waals surface area contributed by atoms with Crippen molar-refractivity contribution < 1.29 is 32.2 Å². The van der Waals surface area contributed by atoms with Crippen LogP contribution in [-0.2, 0) is 16.4 Å². The molecular weight excluding hydrogens is 446 g/mol. The van der Waals surface area contributed by atoms with Crippen molar-refractivity contribution in [1.29, 1.82) is 0 Å². The molecule has 0 aromatic heterocycles. The molecule has 1 aliphatic heterocycles. The average molecular weight is 478 g/mol. The van der Waals surface area contributed by atoms with Gasteiger partial charge in [-0.05, 0) is 54.8 Å². The third-order valence-electron chi connectivity index (χ3n) is 5.56. The van der Waals surface area contributed by atoms with E-state index >= 15 is 0 Å². The van der Waals surface area contributed by atoms with Crippen molar-refractivity contribution >= 4 is 15.7 Å². The van der Waals surface area contributed by atoms with Crippen LogP contribution in [0.2, 0.25) is 0 Å². The molecule has 0 aliphatic carbocycles. The molecular formula is C24H31NO7S. The Morgan fingerprint density at radius 2 is 1.67 bits per heavy atom. The Balaban J connectivity index is 1.93. The molecule has 2 aromatic carbocycles. The fourth-order valence-electron chi connectivity index (χ4n) is 3.89. The van der Waals surface area contributed by atoms with E-state index in [1.807, 2.05) is 6.92 Å². The molecule has 8 nitrogen and oxygen atoms in total. The quantitative estimate of drug-likeness (QED) is 0.518. The molecule has 1 amide bonds. The van der Waals surface area contributed by atoms with Crippen molar-refractivity contribution in [3.8, 4) is 23.0 Å². The third-order valence-corrected chi connectivity index (χ3v) is 7.31. The minimum atomic E-state index is -3.19. The summed E-state index contributed by atoms with van der Waals surface area (Å²) in [5.74, 6) is 1.85. The lowest BCUT2D eigenvalue weighted by molar-refractivity contribution is 0.0680. The second-order valence-corrected chi connectivity index (χ2v) is 10.1. The highest BCUT2D eigenvalue weighted by atomic mass is 32.2.